The fraction of sp³-hybridized carbons (Fsp3) is 0.455. The molecule has 0 aromatic heterocycles. The average molecular weight is 257 g/mol. The van der Waals surface area contributed by atoms with Crippen LogP contribution >= 0.6 is 15.9 Å². The number of halogens is 1. The van der Waals surface area contributed by atoms with Gasteiger partial charge in [0.25, 0.3) is 0 Å². The van der Waals surface area contributed by atoms with Crippen LogP contribution in [0.1, 0.15) is 24.2 Å². The van der Waals surface area contributed by atoms with Crippen molar-refractivity contribution in [3.8, 4) is 5.75 Å². The van der Waals surface area contributed by atoms with E-state index in [-0.39, 0.29) is 4.83 Å². The second-order valence-electron chi connectivity index (χ2n) is 3.50. The van der Waals surface area contributed by atoms with E-state index in [9.17, 15) is 5.11 Å². The van der Waals surface area contributed by atoms with Gasteiger partial charge in [-0.05, 0) is 24.1 Å². The molecular weight excluding hydrogens is 244 g/mol. The van der Waals surface area contributed by atoms with Gasteiger partial charge in [0.15, 0.2) is 0 Å². The summed E-state index contributed by atoms with van der Waals surface area (Å²) in [4.78, 5) is 0.00195. The third-order valence-electron chi connectivity index (χ3n) is 2.54. The van der Waals surface area contributed by atoms with E-state index < -0.39 is 6.10 Å². The third-order valence-corrected chi connectivity index (χ3v) is 3.31. The van der Waals surface area contributed by atoms with Gasteiger partial charge < -0.3 is 9.84 Å². The number of fused-ring (bicyclic) bond motifs is 1. The van der Waals surface area contributed by atoms with Crippen molar-refractivity contribution in [3.63, 3.8) is 0 Å². The van der Waals surface area contributed by atoms with Crippen molar-refractivity contribution in [3.05, 3.63) is 29.3 Å². The molecule has 0 bridgehead atoms. The molecular formula is C11H13BrO2. The summed E-state index contributed by atoms with van der Waals surface area (Å²) in [5.74, 6) is 0.811. The zero-order chi connectivity index (χ0) is 10.1. The first-order valence-electron chi connectivity index (χ1n) is 4.80. The summed E-state index contributed by atoms with van der Waals surface area (Å²) in [5, 5.41) is 9.92. The van der Waals surface area contributed by atoms with Gasteiger partial charge in [-0.2, -0.15) is 0 Å². The highest BCUT2D eigenvalue weighted by Crippen LogP contribution is 2.35. The molecule has 1 aromatic carbocycles. The third kappa shape index (κ3) is 1.66. The molecule has 3 heteroatoms. The van der Waals surface area contributed by atoms with Crippen molar-refractivity contribution in [2.75, 3.05) is 6.61 Å². The first kappa shape index (κ1) is 9.99. The van der Waals surface area contributed by atoms with Crippen molar-refractivity contribution in [1.29, 1.82) is 0 Å². The molecule has 1 aromatic rings. The maximum atomic E-state index is 9.92. The molecule has 0 aliphatic carbocycles. The minimum Gasteiger partial charge on any atom is -0.492 e. The maximum absolute atomic E-state index is 9.92. The van der Waals surface area contributed by atoms with Crippen LogP contribution in [0.4, 0.5) is 0 Å². The number of hydrogen-bond acceptors (Lipinski definition) is 2. The number of ether oxygens (including phenoxy) is 1. The first-order valence-corrected chi connectivity index (χ1v) is 5.71. The van der Waals surface area contributed by atoms with Gasteiger partial charge in [0.05, 0.1) is 10.9 Å². The Labute approximate surface area is 92.0 Å². The fourth-order valence-corrected chi connectivity index (χ4v) is 2.05. The van der Waals surface area contributed by atoms with E-state index in [1.54, 1.807) is 0 Å². The molecule has 0 saturated carbocycles. The topological polar surface area (TPSA) is 29.5 Å². The molecule has 1 aliphatic heterocycles. The summed E-state index contributed by atoms with van der Waals surface area (Å²) in [6.45, 7) is 2.63. The van der Waals surface area contributed by atoms with Gasteiger partial charge in [0, 0.05) is 5.56 Å². The number of aryl methyl sites for hydroxylation is 1. The number of aliphatic hydroxyl groups excluding tert-OH is 1. The highest BCUT2D eigenvalue weighted by molar-refractivity contribution is 9.09. The average Bonchev–Trinajstić information content (AvgIpc) is 2.23. The van der Waals surface area contributed by atoms with E-state index in [1.165, 1.54) is 5.56 Å². The lowest BCUT2D eigenvalue weighted by Crippen LogP contribution is -2.25. The molecule has 76 valence electrons. The van der Waals surface area contributed by atoms with E-state index in [4.69, 9.17) is 4.74 Å². The van der Waals surface area contributed by atoms with Crippen LogP contribution in [0.25, 0.3) is 0 Å². The maximum Gasteiger partial charge on any atom is 0.125 e. The van der Waals surface area contributed by atoms with E-state index in [0.717, 1.165) is 17.7 Å². The lowest BCUT2D eigenvalue weighted by atomic mass is 10.00. The Morgan fingerprint density at radius 3 is 3.07 bits per heavy atom. The van der Waals surface area contributed by atoms with Gasteiger partial charge in [0.1, 0.15) is 12.4 Å². The Balaban J connectivity index is 2.41. The highest BCUT2D eigenvalue weighted by Gasteiger charge is 2.27. The molecule has 2 rings (SSSR count). The van der Waals surface area contributed by atoms with Gasteiger partial charge in [-0.15, -0.1) is 0 Å². The van der Waals surface area contributed by atoms with Gasteiger partial charge >= 0.3 is 0 Å². The van der Waals surface area contributed by atoms with E-state index >= 15 is 0 Å². The SMILES string of the molecule is CCc1ccc2c(c1)C(O)C(Br)CO2. The number of hydrogen-bond donors (Lipinski definition) is 1. The molecule has 0 spiro atoms. The van der Waals surface area contributed by atoms with Crippen molar-refractivity contribution in [2.24, 2.45) is 0 Å². The molecule has 2 nitrogen and oxygen atoms in total. The molecule has 14 heavy (non-hydrogen) atoms. The van der Waals surface area contributed by atoms with Crippen LogP contribution in [0.3, 0.4) is 0 Å². The Bertz CT molecular complexity index is 338. The summed E-state index contributed by atoms with van der Waals surface area (Å²) >= 11 is 3.39. The number of alkyl halides is 1. The molecule has 0 amide bonds. The van der Waals surface area contributed by atoms with Crippen LogP contribution in [0.2, 0.25) is 0 Å². The fourth-order valence-electron chi connectivity index (χ4n) is 1.64. The van der Waals surface area contributed by atoms with Gasteiger partial charge in [0.2, 0.25) is 0 Å². The number of aliphatic hydroxyl groups is 1. The smallest absolute Gasteiger partial charge is 0.125 e. The van der Waals surface area contributed by atoms with Crippen LogP contribution < -0.4 is 4.74 Å². The Morgan fingerprint density at radius 1 is 1.57 bits per heavy atom. The van der Waals surface area contributed by atoms with Crippen LogP contribution in [0.5, 0.6) is 5.75 Å². The summed E-state index contributed by atoms with van der Waals surface area (Å²) in [7, 11) is 0. The predicted molar refractivity (Wildman–Crippen MR) is 59.0 cm³/mol. The molecule has 1 aliphatic rings. The van der Waals surface area contributed by atoms with E-state index in [1.807, 2.05) is 18.2 Å². The van der Waals surface area contributed by atoms with E-state index in [0.29, 0.717) is 6.61 Å². The summed E-state index contributed by atoms with van der Waals surface area (Å²) in [5.41, 5.74) is 2.13. The molecule has 0 radical (unpaired) electrons. The van der Waals surface area contributed by atoms with Crippen LogP contribution in [0.15, 0.2) is 18.2 Å². The molecule has 2 atom stereocenters. The normalized spacial score (nSPS) is 25.4. The predicted octanol–water partition coefficient (Wildman–Crippen LogP) is 2.44. The van der Waals surface area contributed by atoms with Crippen molar-refractivity contribution >= 4 is 15.9 Å². The van der Waals surface area contributed by atoms with Gasteiger partial charge in [-0.3, -0.25) is 0 Å². The minimum atomic E-state index is -0.453. The Kier molecular flexibility index (Phi) is 2.79. The Hall–Kier alpha value is -0.540. The van der Waals surface area contributed by atoms with Gasteiger partial charge in [-0.25, -0.2) is 0 Å². The first-order chi connectivity index (χ1) is 6.72. The molecule has 0 saturated heterocycles. The molecule has 2 unspecified atom stereocenters. The van der Waals surface area contributed by atoms with Crippen LogP contribution in [-0.4, -0.2) is 16.5 Å². The monoisotopic (exact) mass is 256 g/mol. The number of benzene rings is 1. The quantitative estimate of drug-likeness (QED) is 0.783. The van der Waals surface area contributed by atoms with Gasteiger partial charge in [-0.1, -0.05) is 28.9 Å². The largest absolute Gasteiger partial charge is 0.492 e. The van der Waals surface area contributed by atoms with Crippen molar-refractivity contribution in [1.82, 2.24) is 0 Å². The summed E-state index contributed by atoms with van der Waals surface area (Å²) in [6.07, 6.45) is 0.526. The second-order valence-corrected chi connectivity index (χ2v) is 4.67. The van der Waals surface area contributed by atoms with E-state index in [2.05, 4.69) is 22.9 Å². The van der Waals surface area contributed by atoms with Crippen molar-refractivity contribution < 1.29 is 9.84 Å². The summed E-state index contributed by atoms with van der Waals surface area (Å²) < 4.78 is 5.50. The lowest BCUT2D eigenvalue weighted by molar-refractivity contribution is 0.125. The lowest BCUT2D eigenvalue weighted by Gasteiger charge is -2.27. The number of rotatable bonds is 1. The minimum absolute atomic E-state index is 0.00195. The highest BCUT2D eigenvalue weighted by atomic mass is 79.9. The Morgan fingerprint density at radius 2 is 2.36 bits per heavy atom. The molecule has 1 N–H and O–H groups in total. The zero-order valence-electron chi connectivity index (χ0n) is 8.03. The molecule has 1 heterocycles. The van der Waals surface area contributed by atoms with Crippen LogP contribution in [-0.2, 0) is 6.42 Å². The van der Waals surface area contributed by atoms with Crippen LogP contribution in [0, 0.1) is 0 Å². The second kappa shape index (κ2) is 3.91. The van der Waals surface area contributed by atoms with Crippen molar-refractivity contribution in [2.45, 2.75) is 24.3 Å². The standard InChI is InChI=1S/C11H13BrO2/c1-2-7-3-4-10-8(5-7)11(13)9(12)6-14-10/h3-5,9,11,13H,2,6H2,1H3. The summed E-state index contributed by atoms with van der Waals surface area (Å²) in [6, 6.07) is 6.00. The zero-order valence-corrected chi connectivity index (χ0v) is 9.62. The molecule has 0 fully saturated rings.